The van der Waals surface area contributed by atoms with Gasteiger partial charge in [-0.05, 0) is 37.1 Å². The van der Waals surface area contributed by atoms with Crippen molar-refractivity contribution in [2.75, 3.05) is 31.3 Å². The van der Waals surface area contributed by atoms with Crippen LogP contribution < -0.4 is 14.4 Å². The monoisotopic (exact) mass is 340 g/mol. The summed E-state index contributed by atoms with van der Waals surface area (Å²) in [7, 11) is 0. The standard InChI is InChI=1S/C19H20N2O4/c22-19(16-4-1-5-17-18(16)25-12-11-24-17)21(13-15-3-2-10-23-15)14-6-8-20-9-7-14/h1,4-9,15H,2-3,10-13H2. The number of nitrogens with zero attached hydrogens (tertiary/aromatic N) is 2. The number of carbonyl (C=O) groups is 1. The molecule has 0 bridgehead atoms. The van der Waals surface area contributed by atoms with E-state index in [1.807, 2.05) is 24.3 Å². The van der Waals surface area contributed by atoms with Gasteiger partial charge in [-0.3, -0.25) is 9.78 Å². The van der Waals surface area contributed by atoms with E-state index in [4.69, 9.17) is 14.2 Å². The van der Waals surface area contributed by atoms with Crippen molar-refractivity contribution in [1.29, 1.82) is 0 Å². The molecule has 0 N–H and O–H groups in total. The van der Waals surface area contributed by atoms with Crippen LogP contribution in [0.1, 0.15) is 23.2 Å². The summed E-state index contributed by atoms with van der Waals surface area (Å²) in [5, 5.41) is 0. The Morgan fingerprint density at radius 1 is 1.12 bits per heavy atom. The van der Waals surface area contributed by atoms with Gasteiger partial charge in [-0.15, -0.1) is 0 Å². The summed E-state index contributed by atoms with van der Waals surface area (Å²) in [6.45, 7) is 2.20. The molecule has 3 heterocycles. The second-order valence-corrected chi connectivity index (χ2v) is 6.09. The molecule has 2 aromatic rings. The summed E-state index contributed by atoms with van der Waals surface area (Å²) in [6.07, 6.45) is 5.41. The molecule has 25 heavy (non-hydrogen) atoms. The van der Waals surface area contributed by atoms with E-state index in [2.05, 4.69) is 4.98 Å². The number of anilines is 1. The zero-order valence-electron chi connectivity index (χ0n) is 13.9. The number of carbonyl (C=O) groups excluding carboxylic acids is 1. The molecule has 1 aromatic heterocycles. The average molecular weight is 340 g/mol. The van der Waals surface area contributed by atoms with Crippen LogP contribution >= 0.6 is 0 Å². The number of amides is 1. The van der Waals surface area contributed by atoms with Crippen LogP contribution in [0.15, 0.2) is 42.7 Å². The molecule has 6 heteroatoms. The Labute approximate surface area is 146 Å². The summed E-state index contributed by atoms with van der Waals surface area (Å²) in [5.41, 5.74) is 1.30. The minimum atomic E-state index is -0.121. The zero-order valence-corrected chi connectivity index (χ0v) is 13.9. The Bertz CT molecular complexity index is 744. The molecule has 1 fully saturated rings. The molecule has 1 aromatic carbocycles. The molecule has 0 radical (unpaired) electrons. The third-order valence-corrected chi connectivity index (χ3v) is 4.43. The lowest BCUT2D eigenvalue weighted by Crippen LogP contribution is -2.38. The Balaban J connectivity index is 1.68. The van der Waals surface area contributed by atoms with Crippen molar-refractivity contribution >= 4 is 11.6 Å². The molecule has 1 atom stereocenters. The number of pyridine rings is 1. The highest BCUT2D eigenvalue weighted by atomic mass is 16.6. The fraction of sp³-hybridized carbons (Fsp3) is 0.368. The first kappa shape index (κ1) is 15.9. The molecule has 1 amide bonds. The SMILES string of the molecule is O=C(c1cccc2c1OCCO2)N(CC1CCCO1)c1ccncc1. The van der Waals surface area contributed by atoms with Gasteiger partial charge in [-0.25, -0.2) is 0 Å². The molecule has 1 unspecified atom stereocenters. The van der Waals surface area contributed by atoms with E-state index in [0.717, 1.165) is 25.1 Å². The van der Waals surface area contributed by atoms with E-state index in [1.165, 1.54) is 0 Å². The molecule has 0 spiro atoms. The Morgan fingerprint density at radius 3 is 2.76 bits per heavy atom. The lowest BCUT2D eigenvalue weighted by molar-refractivity contribution is 0.0908. The summed E-state index contributed by atoms with van der Waals surface area (Å²) < 4.78 is 17.1. The van der Waals surface area contributed by atoms with Gasteiger partial charge in [0, 0.05) is 24.7 Å². The van der Waals surface area contributed by atoms with Crippen molar-refractivity contribution in [2.45, 2.75) is 18.9 Å². The number of benzene rings is 1. The molecule has 4 rings (SSSR count). The second-order valence-electron chi connectivity index (χ2n) is 6.09. The summed E-state index contributed by atoms with van der Waals surface area (Å²) >= 11 is 0. The molecule has 2 aliphatic heterocycles. The molecule has 130 valence electrons. The highest BCUT2D eigenvalue weighted by Gasteiger charge is 2.28. The maximum atomic E-state index is 13.3. The third-order valence-electron chi connectivity index (χ3n) is 4.43. The molecule has 0 aliphatic carbocycles. The van der Waals surface area contributed by atoms with Gasteiger partial charge in [0.25, 0.3) is 5.91 Å². The second kappa shape index (κ2) is 7.11. The molecule has 2 aliphatic rings. The van der Waals surface area contributed by atoms with Gasteiger partial charge in [-0.1, -0.05) is 6.07 Å². The number of aromatic nitrogens is 1. The van der Waals surface area contributed by atoms with Gasteiger partial charge in [-0.2, -0.15) is 0 Å². The zero-order chi connectivity index (χ0) is 17.1. The van der Waals surface area contributed by atoms with Crippen LogP contribution in [0.3, 0.4) is 0 Å². The minimum Gasteiger partial charge on any atom is -0.486 e. The van der Waals surface area contributed by atoms with E-state index < -0.39 is 0 Å². The first-order valence-corrected chi connectivity index (χ1v) is 8.55. The quantitative estimate of drug-likeness (QED) is 0.856. The van der Waals surface area contributed by atoms with Gasteiger partial charge in [0.1, 0.15) is 13.2 Å². The molecular weight excluding hydrogens is 320 g/mol. The lowest BCUT2D eigenvalue weighted by Gasteiger charge is -2.27. The average Bonchev–Trinajstić information content (AvgIpc) is 3.19. The normalized spacial score (nSPS) is 18.8. The highest BCUT2D eigenvalue weighted by molar-refractivity contribution is 6.08. The van der Waals surface area contributed by atoms with Crippen LogP contribution in [0, 0.1) is 0 Å². The number of ether oxygens (including phenoxy) is 3. The van der Waals surface area contributed by atoms with Crippen LogP contribution in [0.25, 0.3) is 0 Å². The number of hydrogen-bond acceptors (Lipinski definition) is 5. The number of fused-ring (bicyclic) bond motifs is 1. The summed E-state index contributed by atoms with van der Waals surface area (Å²) in [6, 6.07) is 9.08. The molecule has 6 nitrogen and oxygen atoms in total. The first-order valence-electron chi connectivity index (χ1n) is 8.55. The fourth-order valence-electron chi connectivity index (χ4n) is 3.21. The van der Waals surface area contributed by atoms with Gasteiger partial charge in [0.2, 0.25) is 0 Å². The molecule has 0 saturated carbocycles. The lowest BCUT2D eigenvalue weighted by atomic mass is 10.1. The largest absolute Gasteiger partial charge is 0.486 e. The Kier molecular flexibility index (Phi) is 4.52. The summed E-state index contributed by atoms with van der Waals surface area (Å²) in [4.78, 5) is 19.1. The maximum Gasteiger partial charge on any atom is 0.262 e. The van der Waals surface area contributed by atoms with Crippen LogP contribution in [0.2, 0.25) is 0 Å². The number of hydrogen-bond donors (Lipinski definition) is 0. The topological polar surface area (TPSA) is 60.9 Å². The van der Waals surface area contributed by atoms with Crippen molar-refractivity contribution in [2.24, 2.45) is 0 Å². The van der Waals surface area contributed by atoms with E-state index in [-0.39, 0.29) is 12.0 Å². The van der Waals surface area contributed by atoms with Crippen LogP contribution in [0.4, 0.5) is 5.69 Å². The minimum absolute atomic E-state index is 0.0498. The van der Waals surface area contributed by atoms with Crippen molar-refractivity contribution in [3.8, 4) is 11.5 Å². The van der Waals surface area contributed by atoms with E-state index >= 15 is 0 Å². The Morgan fingerprint density at radius 2 is 1.96 bits per heavy atom. The third kappa shape index (κ3) is 3.30. The highest BCUT2D eigenvalue weighted by Crippen LogP contribution is 2.35. The predicted molar refractivity (Wildman–Crippen MR) is 92.3 cm³/mol. The van der Waals surface area contributed by atoms with Crippen molar-refractivity contribution in [3.63, 3.8) is 0 Å². The van der Waals surface area contributed by atoms with E-state index in [1.54, 1.807) is 23.4 Å². The summed E-state index contributed by atoms with van der Waals surface area (Å²) in [5.74, 6) is 1.01. The van der Waals surface area contributed by atoms with Gasteiger partial charge in [0.05, 0.1) is 18.2 Å². The molecular formula is C19H20N2O4. The first-order chi connectivity index (χ1) is 12.3. The number of para-hydroxylation sites is 1. The molecule has 1 saturated heterocycles. The van der Waals surface area contributed by atoms with Crippen molar-refractivity contribution in [3.05, 3.63) is 48.3 Å². The van der Waals surface area contributed by atoms with Gasteiger partial charge >= 0.3 is 0 Å². The van der Waals surface area contributed by atoms with Crippen molar-refractivity contribution < 1.29 is 19.0 Å². The van der Waals surface area contributed by atoms with Gasteiger partial charge < -0.3 is 19.1 Å². The van der Waals surface area contributed by atoms with Crippen molar-refractivity contribution in [1.82, 2.24) is 4.98 Å². The maximum absolute atomic E-state index is 13.3. The predicted octanol–water partition coefficient (Wildman–Crippen LogP) is 2.68. The van der Waals surface area contributed by atoms with Crippen LogP contribution in [0.5, 0.6) is 11.5 Å². The smallest absolute Gasteiger partial charge is 0.262 e. The van der Waals surface area contributed by atoms with Gasteiger partial charge in [0.15, 0.2) is 11.5 Å². The van der Waals surface area contributed by atoms with Crippen LogP contribution in [-0.4, -0.2) is 43.4 Å². The Hall–Kier alpha value is -2.60. The van der Waals surface area contributed by atoms with E-state index in [0.29, 0.717) is 36.8 Å². The fourth-order valence-corrected chi connectivity index (χ4v) is 3.21. The number of rotatable bonds is 4. The van der Waals surface area contributed by atoms with E-state index in [9.17, 15) is 4.79 Å². The van der Waals surface area contributed by atoms with Crippen LogP contribution in [-0.2, 0) is 4.74 Å².